The number of aryl methyl sites for hydroxylation is 2. The van der Waals surface area contributed by atoms with Crippen molar-refractivity contribution >= 4 is 11.0 Å². The normalized spacial score (nSPS) is 10.8. The number of aromatic nitrogens is 2. The number of hydrogen-bond donors (Lipinski definition) is 0. The first kappa shape index (κ1) is 11.8. The highest BCUT2D eigenvalue weighted by Crippen LogP contribution is 2.14. The summed E-state index contributed by atoms with van der Waals surface area (Å²) in [4.78, 5) is 9.16. The first-order valence-electron chi connectivity index (χ1n) is 6.48. The van der Waals surface area contributed by atoms with Crippen LogP contribution < -0.4 is 0 Å². The van der Waals surface area contributed by atoms with Gasteiger partial charge in [-0.05, 0) is 37.1 Å². The van der Waals surface area contributed by atoms with Crippen molar-refractivity contribution in [3.05, 3.63) is 71.0 Å². The van der Waals surface area contributed by atoms with E-state index in [1.165, 1.54) is 16.7 Å². The summed E-state index contributed by atoms with van der Waals surface area (Å²) in [5, 5.41) is 0. The van der Waals surface area contributed by atoms with Gasteiger partial charge in [-0.2, -0.15) is 0 Å². The molecule has 0 spiro atoms. The monoisotopic (exact) mass is 248 g/mol. The minimum atomic E-state index is 0.830. The second-order valence-corrected chi connectivity index (χ2v) is 5.02. The van der Waals surface area contributed by atoms with Crippen LogP contribution in [0.5, 0.6) is 0 Å². The predicted octanol–water partition coefficient (Wildman–Crippen LogP) is 3.84. The van der Waals surface area contributed by atoms with Gasteiger partial charge in [-0.1, -0.05) is 35.9 Å². The van der Waals surface area contributed by atoms with Crippen LogP contribution in [0.3, 0.4) is 0 Å². The van der Waals surface area contributed by atoms with E-state index in [2.05, 4.69) is 60.2 Å². The topological polar surface area (TPSA) is 25.8 Å². The zero-order chi connectivity index (χ0) is 13.2. The Bertz CT molecular complexity index is 715. The molecule has 2 heteroatoms. The average molecular weight is 248 g/mol. The van der Waals surface area contributed by atoms with Gasteiger partial charge in [0.25, 0.3) is 0 Å². The lowest BCUT2D eigenvalue weighted by Crippen LogP contribution is -1.95. The smallest absolute Gasteiger partial charge is 0.0890 e. The van der Waals surface area contributed by atoms with E-state index in [4.69, 9.17) is 0 Å². The van der Waals surface area contributed by atoms with Gasteiger partial charge >= 0.3 is 0 Å². The second-order valence-electron chi connectivity index (χ2n) is 5.02. The fourth-order valence-corrected chi connectivity index (χ4v) is 2.16. The van der Waals surface area contributed by atoms with Crippen molar-refractivity contribution in [3.8, 4) is 0 Å². The van der Waals surface area contributed by atoms with Gasteiger partial charge in [0.15, 0.2) is 0 Å². The van der Waals surface area contributed by atoms with Crippen molar-refractivity contribution in [1.82, 2.24) is 9.97 Å². The maximum absolute atomic E-state index is 4.67. The van der Waals surface area contributed by atoms with Crippen molar-refractivity contribution in [3.63, 3.8) is 0 Å². The number of nitrogens with zero attached hydrogens (tertiary/aromatic N) is 2. The molecule has 1 heterocycles. The number of benzene rings is 2. The molecule has 3 aromatic rings. The molecular weight excluding hydrogens is 232 g/mol. The summed E-state index contributed by atoms with van der Waals surface area (Å²) in [5.74, 6) is 0. The summed E-state index contributed by atoms with van der Waals surface area (Å²) < 4.78 is 0. The van der Waals surface area contributed by atoms with Crippen LogP contribution >= 0.6 is 0 Å². The summed E-state index contributed by atoms with van der Waals surface area (Å²) >= 11 is 0. The van der Waals surface area contributed by atoms with E-state index in [9.17, 15) is 0 Å². The van der Waals surface area contributed by atoms with Crippen LogP contribution in [0.25, 0.3) is 11.0 Å². The van der Waals surface area contributed by atoms with Gasteiger partial charge in [0.1, 0.15) is 0 Å². The minimum Gasteiger partial charge on any atom is -0.253 e. The lowest BCUT2D eigenvalue weighted by molar-refractivity contribution is 1.07. The Hall–Kier alpha value is -2.22. The standard InChI is InChI=1S/C17H16N2/c1-12-3-6-14(7-4-12)10-15-11-18-17-9-13(2)5-8-16(17)19-15/h3-9,11H,10H2,1-2H3. The van der Waals surface area contributed by atoms with Gasteiger partial charge in [-0.15, -0.1) is 0 Å². The Labute approximate surface area is 113 Å². The molecule has 0 radical (unpaired) electrons. The molecule has 19 heavy (non-hydrogen) atoms. The number of fused-ring (bicyclic) bond motifs is 1. The van der Waals surface area contributed by atoms with E-state index in [-0.39, 0.29) is 0 Å². The van der Waals surface area contributed by atoms with Gasteiger partial charge < -0.3 is 0 Å². The molecule has 94 valence electrons. The number of hydrogen-bond acceptors (Lipinski definition) is 2. The number of rotatable bonds is 2. The Balaban J connectivity index is 1.93. The van der Waals surface area contributed by atoms with Gasteiger partial charge in [0.05, 0.1) is 16.7 Å². The quantitative estimate of drug-likeness (QED) is 0.688. The third-order valence-corrected chi connectivity index (χ3v) is 3.25. The van der Waals surface area contributed by atoms with Crippen LogP contribution in [-0.4, -0.2) is 9.97 Å². The molecule has 2 aromatic carbocycles. The lowest BCUT2D eigenvalue weighted by atomic mass is 10.1. The fourth-order valence-electron chi connectivity index (χ4n) is 2.16. The SMILES string of the molecule is Cc1ccc(Cc2cnc3cc(C)ccc3n2)cc1. The summed E-state index contributed by atoms with van der Waals surface area (Å²) in [6.45, 7) is 4.17. The van der Waals surface area contributed by atoms with Crippen LogP contribution in [-0.2, 0) is 6.42 Å². The molecule has 0 aliphatic heterocycles. The minimum absolute atomic E-state index is 0.830. The molecule has 0 aliphatic carbocycles. The highest BCUT2D eigenvalue weighted by atomic mass is 14.8. The average Bonchev–Trinajstić information content (AvgIpc) is 2.42. The molecule has 0 aliphatic rings. The highest BCUT2D eigenvalue weighted by molar-refractivity contribution is 5.74. The summed E-state index contributed by atoms with van der Waals surface area (Å²) in [7, 11) is 0. The van der Waals surface area contributed by atoms with Crippen molar-refractivity contribution in [2.75, 3.05) is 0 Å². The second kappa shape index (κ2) is 4.81. The van der Waals surface area contributed by atoms with Crippen molar-refractivity contribution < 1.29 is 0 Å². The largest absolute Gasteiger partial charge is 0.253 e. The van der Waals surface area contributed by atoms with Gasteiger partial charge in [-0.25, -0.2) is 4.98 Å². The van der Waals surface area contributed by atoms with E-state index in [0.29, 0.717) is 0 Å². The molecule has 0 atom stereocenters. The third-order valence-electron chi connectivity index (χ3n) is 3.25. The van der Waals surface area contributed by atoms with Crippen LogP contribution in [0, 0.1) is 13.8 Å². The maximum atomic E-state index is 4.67. The Morgan fingerprint density at radius 2 is 1.58 bits per heavy atom. The predicted molar refractivity (Wildman–Crippen MR) is 78.3 cm³/mol. The molecule has 3 rings (SSSR count). The summed E-state index contributed by atoms with van der Waals surface area (Å²) in [6.07, 6.45) is 2.71. The zero-order valence-corrected chi connectivity index (χ0v) is 11.2. The van der Waals surface area contributed by atoms with Crippen LogP contribution in [0.15, 0.2) is 48.7 Å². The Kier molecular flexibility index (Phi) is 3.00. The lowest BCUT2D eigenvalue weighted by Gasteiger charge is -2.04. The molecule has 0 saturated heterocycles. The molecule has 0 bridgehead atoms. The first-order chi connectivity index (χ1) is 9.20. The van der Waals surface area contributed by atoms with E-state index in [0.717, 1.165) is 23.1 Å². The molecule has 0 N–H and O–H groups in total. The molecule has 1 aromatic heterocycles. The van der Waals surface area contributed by atoms with Gasteiger partial charge in [0.2, 0.25) is 0 Å². The first-order valence-corrected chi connectivity index (χ1v) is 6.48. The molecule has 0 saturated carbocycles. The Morgan fingerprint density at radius 3 is 2.37 bits per heavy atom. The summed E-state index contributed by atoms with van der Waals surface area (Å²) in [5.41, 5.74) is 6.71. The van der Waals surface area contributed by atoms with E-state index >= 15 is 0 Å². The van der Waals surface area contributed by atoms with Crippen molar-refractivity contribution in [2.45, 2.75) is 20.3 Å². The molecule has 0 fully saturated rings. The van der Waals surface area contributed by atoms with Crippen molar-refractivity contribution in [2.24, 2.45) is 0 Å². The molecule has 2 nitrogen and oxygen atoms in total. The van der Waals surface area contributed by atoms with Gasteiger partial charge in [0, 0.05) is 12.6 Å². The van der Waals surface area contributed by atoms with Crippen LogP contribution in [0.2, 0.25) is 0 Å². The van der Waals surface area contributed by atoms with Gasteiger partial charge in [-0.3, -0.25) is 4.98 Å². The maximum Gasteiger partial charge on any atom is 0.0890 e. The molecular formula is C17H16N2. The van der Waals surface area contributed by atoms with Crippen LogP contribution in [0.1, 0.15) is 22.4 Å². The molecule has 0 amide bonds. The third kappa shape index (κ3) is 2.63. The zero-order valence-electron chi connectivity index (χ0n) is 11.2. The van der Waals surface area contributed by atoms with Crippen molar-refractivity contribution in [1.29, 1.82) is 0 Å². The van der Waals surface area contributed by atoms with E-state index in [1.807, 2.05) is 12.3 Å². The van der Waals surface area contributed by atoms with E-state index < -0.39 is 0 Å². The Morgan fingerprint density at radius 1 is 0.842 bits per heavy atom. The molecule has 0 unspecified atom stereocenters. The highest BCUT2D eigenvalue weighted by Gasteiger charge is 2.01. The fraction of sp³-hybridized carbons (Fsp3) is 0.176. The summed E-state index contributed by atoms with van der Waals surface area (Å²) in [6, 6.07) is 14.7. The van der Waals surface area contributed by atoms with E-state index in [1.54, 1.807) is 0 Å². The van der Waals surface area contributed by atoms with Crippen LogP contribution in [0.4, 0.5) is 0 Å².